The molecule has 82 valence electrons. The van der Waals surface area contributed by atoms with Crippen LogP contribution in [-0.2, 0) is 6.42 Å². The largest absolute Gasteiger partial charge is 0.259 e. The Labute approximate surface area is 94.3 Å². The topological polar surface area (TPSA) is 43.1 Å². The number of nitrogens with zero attached hydrogens (tertiary/aromatic N) is 1. The molecule has 0 aromatic heterocycles. The fourth-order valence-corrected chi connectivity index (χ4v) is 1.85. The molecule has 0 bridgehead atoms. The molecule has 0 saturated heterocycles. The van der Waals surface area contributed by atoms with Crippen LogP contribution in [0.25, 0.3) is 0 Å². The summed E-state index contributed by atoms with van der Waals surface area (Å²) < 4.78 is 0. The second kappa shape index (κ2) is 4.75. The quantitative estimate of drug-likeness (QED) is 0.574. The van der Waals surface area contributed by atoms with Crippen molar-refractivity contribution in [3.63, 3.8) is 0 Å². The molecule has 0 radical (unpaired) electrons. The lowest BCUT2D eigenvalue weighted by Gasteiger charge is -2.08. The van der Waals surface area contributed by atoms with Gasteiger partial charge in [-0.15, -0.1) is 0 Å². The number of nitro groups is 1. The Hall–Kier alpha value is -1.90. The van der Waals surface area contributed by atoms with Crippen molar-refractivity contribution in [3.05, 3.63) is 69.4 Å². The van der Waals surface area contributed by atoms with Gasteiger partial charge in [0.1, 0.15) is 0 Å². The van der Waals surface area contributed by atoms with Gasteiger partial charge in [0.05, 0.1) is 4.92 Å². The number of rotatable bonds is 3. The summed E-state index contributed by atoms with van der Waals surface area (Å²) in [7, 11) is 0. The summed E-state index contributed by atoms with van der Waals surface area (Å²) in [6.45, 7) is 0. The van der Waals surface area contributed by atoms with Crippen LogP contribution in [0.15, 0.2) is 53.8 Å². The Bertz CT molecular complexity index is 446. The highest BCUT2D eigenvalue weighted by atomic mass is 16.6. The predicted molar refractivity (Wildman–Crippen MR) is 62.5 cm³/mol. The second-order valence-electron chi connectivity index (χ2n) is 3.87. The molecule has 1 aliphatic rings. The van der Waals surface area contributed by atoms with Crippen LogP contribution in [-0.4, -0.2) is 4.92 Å². The van der Waals surface area contributed by atoms with E-state index in [-0.39, 0.29) is 4.92 Å². The van der Waals surface area contributed by atoms with Crippen LogP contribution in [0.3, 0.4) is 0 Å². The van der Waals surface area contributed by atoms with Gasteiger partial charge in [-0.05, 0) is 24.0 Å². The monoisotopic (exact) mass is 215 g/mol. The lowest BCUT2D eigenvalue weighted by Crippen LogP contribution is -2.03. The molecular weight excluding hydrogens is 202 g/mol. The van der Waals surface area contributed by atoms with Gasteiger partial charge in [-0.25, -0.2) is 0 Å². The van der Waals surface area contributed by atoms with Gasteiger partial charge in [-0.2, -0.15) is 0 Å². The molecule has 0 heterocycles. The predicted octanol–water partition coefficient (Wildman–Crippen LogP) is 3.11. The average Bonchev–Trinajstić information content (AvgIpc) is 2.30. The zero-order valence-electron chi connectivity index (χ0n) is 8.93. The van der Waals surface area contributed by atoms with Crippen molar-refractivity contribution in [1.82, 2.24) is 0 Å². The van der Waals surface area contributed by atoms with Crippen molar-refractivity contribution >= 4 is 0 Å². The summed E-state index contributed by atoms with van der Waals surface area (Å²) in [4.78, 5) is 10.4. The first-order valence-corrected chi connectivity index (χ1v) is 5.33. The Morgan fingerprint density at radius 1 is 1.25 bits per heavy atom. The molecule has 3 nitrogen and oxygen atoms in total. The summed E-state index contributed by atoms with van der Waals surface area (Å²) in [5.74, 6) is 0. The van der Waals surface area contributed by atoms with Crippen molar-refractivity contribution in [2.75, 3.05) is 0 Å². The Morgan fingerprint density at radius 3 is 2.69 bits per heavy atom. The van der Waals surface area contributed by atoms with Gasteiger partial charge in [-0.1, -0.05) is 36.4 Å². The highest BCUT2D eigenvalue weighted by Gasteiger charge is 2.14. The number of hydrogen-bond donors (Lipinski definition) is 0. The molecule has 0 spiro atoms. The van der Waals surface area contributed by atoms with Crippen molar-refractivity contribution < 1.29 is 4.92 Å². The Kier molecular flexibility index (Phi) is 3.15. The molecule has 0 fully saturated rings. The van der Waals surface area contributed by atoms with Crippen LogP contribution in [0.1, 0.15) is 18.4 Å². The Morgan fingerprint density at radius 2 is 2.00 bits per heavy atom. The first kappa shape index (κ1) is 10.6. The fourth-order valence-electron chi connectivity index (χ4n) is 1.85. The lowest BCUT2D eigenvalue weighted by molar-refractivity contribution is -0.428. The van der Waals surface area contributed by atoms with E-state index in [1.54, 1.807) is 6.08 Å². The SMILES string of the molecule is O=[N+]([O-])C1=CC(Cc2ccccc2)=CCC1. The van der Waals surface area contributed by atoms with E-state index in [1.807, 2.05) is 30.3 Å². The van der Waals surface area contributed by atoms with Crippen molar-refractivity contribution in [2.45, 2.75) is 19.3 Å². The fraction of sp³-hybridized carbons (Fsp3) is 0.231. The van der Waals surface area contributed by atoms with Crippen LogP contribution in [0.4, 0.5) is 0 Å². The smallest absolute Gasteiger partial charge is 0.246 e. The van der Waals surface area contributed by atoms with Gasteiger partial charge in [-0.3, -0.25) is 10.1 Å². The molecule has 1 aromatic carbocycles. The number of benzene rings is 1. The second-order valence-corrected chi connectivity index (χ2v) is 3.87. The third-order valence-electron chi connectivity index (χ3n) is 2.64. The van der Waals surface area contributed by atoms with Crippen molar-refractivity contribution in [3.8, 4) is 0 Å². The van der Waals surface area contributed by atoms with Crippen LogP contribution in [0.2, 0.25) is 0 Å². The lowest BCUT2D eigenvalue weighted by atomic mass is 9.98. The van der Waals surface area contributed by atoms with Crippen molar-refractivity contribution in [1.29, 1.82) is 0 Å². The third-order valence-corrected chi connectivity index (χ3v) is 2.64. The first-order chi connectivity index (χ1) is 7.75. The van der Waals surface area contributed by atoms with Gasteiger partial charge >= 0.3 is 0 Å². The molecular formula is C13H13NO2. The summed E-state index contributed by atoms with van der Waals surface area (Å²) >= 11 is 0. The molecule has 0 atom stereocenters. The summed E-state index contributed by atoms with van der Waals surface area (Å²) in [6, 6.07) is 10.0. The molecule has 0 aliphatic heterocycles. The standard InChI is InChI=1S/C13H13NO2/c15-14(16)13-8-4-7-12(10-13)9-11-5-2-1-3-6-11/h1-3,5-7,10H,4,8-9H2. The molecule has 0 N–H and O–H groups in total. The number of allylic oxidation sites excluding steroid dienone is 4. The van der Waals surface area contributed by atoms with E-state index in [4.69, 9.17) is 0 Å². The maximum absolute atomic E-state index is 10.7. The van der Waals surface area contributed by atoms with Crippen LogP contribution in [0.5, 0.6) is 0 Å². The maximum Gasteiger partial charge on any atom is 0.246 e. The van der Waals surface area contributed by atoms with Gasteiger partial charge in [0.15, 0.2) is 0 Å². The minimum Gasteiger partial charge on any atom is -0.259 e. The van der Waals surface area contributed by atoms with Crippen LogP contribution < -0.4 is 0 Å². The normalized spacial score (nSPS) is 15.2. The average molecular weight is 215 g/mol. The van der Waals surface area contributed by atoms with Gasteiger partial charge in [0.2, 0.25) is 5.70 Å². The van der Waals surface area contributed by atoms with E-state index in [9.17, 15) is 10.1 Å². The molecule has 2 rings (SSSR count). The van der Waals surface area contributed by atoms with E-state index in [0.717, 1.165) is 18.4 Å². The number of hydrogen-bond acceptors (Lipinski definition) is 2. The van der Waals surface area contributed by atoms with E-state index in [0.29, 0.717) is 12.1 Å². The highest BCUT2D eigenvalue weighted by Crippen LogP contribution is 2.20. The van der Waals surface area contributed by atoms with Crippen LogP contribution in [0, 0.1) is 10.1 Å². The van der Waals surface area contributed by atoms with E-state index >= 15 is 0 Å². The molecule has 0 unspecified atom stereocenters. The summed E-state index contributed by atoms with van der Waals surface area (Å²) in [5.41, 5.74) is 2.56. The van der Waals surface area contributed by atoms with E-state index < -0.39 is 0 Å². The molecule has 16 heavy (non-hydrogen) atoms. The summed E-state index contributed by atoms with van der Waals surface area (Å²) in [6.07, 6.45) is 5.88. The molecule has 3 heteroatoms. The first-order valence-electron chi connectivity index (χ1n) is 5.33. The minimum atomic E-state index is -0.280. The third kappa shape index (κ3) is 2.57. The molecule has 1 aromatic rings. The zero-order valence-corrected chi connectivity index (χ0v) is 8.93. The molecule has 0 amide bonds. The molecule has 0 saturated carbocycles. The molecule has 1 aliphatic carbocycles. The van der Waals surface area contributed by atoms with E-state index in [1.165, 1.54) is 5.56 Å². The van der Waals surface area contributed by atoms with Crippen LogP contribution >= 0.6 is 0 Å². The maximum atomic E-state index is 10.7. The minimum absolute atomic E-state index is 0.280. The zero-order chi connectivity index (χ0) is 11.4. The van der Waals surface area contributed by atoms with E-state index in [2.05, 4.69) is 6.08 Å². The van der Waals surface area contributed by atoms with Gasteiger partial charge < -0.3 is 0 Å². The van der Waals surface area contributed by atoms with Gasteiger partial charge in [0.25, 0.3) is 0 Å². The van der Waals surface area contributed by atoms with Gasteiger partial charge in [0, 0.05) is 12.5 Å². The summed E-state index contributed by atoms with van der Waals surface area (Å²) in [5, 5.41) is 10.7. The highest BCUT2D eigenvalue weighted by molar-refractivity contribution is 5.31. The van der Waals surface area contributed by atoms with Crippen molar-refractivity contribution in [2.24, 2.45) is 0 Å². The Balaban J connectivity index is 2.12.